The molecule has 0 aliphatic rings. The van der Waals surface area contributed by atoms with Crippen LogP contribution in [0.25, 0.3) is 0 Å². The fourth-order valence-corrected chi connectivity index (χ4v) is 0.764. The van der Waals surface area contributed by atoms with Gasteiger partial charge in [-0.15, -0.1) is 0 Å². The Bertz CT molecular complexity index is 149. The van der Waals surface area contributed by atoms with Crippen molar-refractivity contribution in [3.05, 3.63) is 0 Å². The van der Waals surface area contributed by atoms with Gasteiger partial charge in [-0.1, -0.05) is 0 Å². The van der Waals surface area contributed by atoms with Crippen LogP contribution in [0.5, 0.6) is 0 Å². The van der Waals surface area contributed by atoms with Crippen LogP contribution in [-0.2, 0) is 9.53 Å². The lowest BCUT2D eigenvalue weighted by Gasteiger charge is -2.22. The number of ether oxygens (including phenoxy) is 1. The number of hydrogen-bond donors (Lipinski definition) is 1. The Morgan fingerprint density at radius 2 is 2.00 bits per heavy atom. The van der Waals surface area contributed by atoms with Crippen LogP contribution in [0.2, 0.25) is 0 Å². The van der Waals surface area contributed by atoms with E-state index in [0.717, 1.165) is 0 Å². The maximum Gasteiger partial charge on any atom is 0.217 e. The van der Waals surface area contributed by atoms with E-state index in [1.165, 1.54) is 6.92 Å². The zero-order chi connectivity index (χ0) is 9.78. The van der Waals surface area contributed by atoms with E-state index in [4.69, 9.17) is 4.74 Å². The predicted molar refractivity (Wildman–Crippen MR) is 49.0 cm³/mol. The van der Waals surface area contributed by atoms with Gasteiger partial charge < -0.3 is 10.1 Å². The van der Waals surface area contributed by atoms with E-state index in [2.05, 4.69) is 5.32 Å². The lowest BCUT2D eigenvalue weighted by Crippen LogP contribution is -2.36. The quantitative estimate of drug-likeness (QED) is 0.699. The summed E-state index contributed by atoms with van der Waals surface area (Å²) in [7, 11) is 0. The van der Waals surface area contributed by atoms with Gasteiger partial charge in [-0.25, -0.2) is 0 Å². The second-order valence-electron chi connectivity index (χ2n) is 4.02. The van der Waals surface area contributed by atoms with Crippen LogP contribution in [0, 0.1) is 0 Å². The highest BCUT2D eigenvalue weighted by Gasteiger charge is 2.12. The lowest BCUT2D eigenvalue weighted by atomic mass is 10.2. The topological polar surface area (TPSA) is 38.3 Å². The summed E-state index contributed by atoms with van der Waals surface area (Å²) >= 11 is 0. The van der Waals surface area contributed by atoms with Gasteiger partial charge in [0.1, 0.15) is 0 Å². The molecule has 0 fully saturated rings. The molecule has 0 spiro atoms. The Morgan fingerprint density at radius 1 is 1.50 bits per heavy atom. The molecular formula is C9H19NO2. The zero-order valence-corrected chi connectivity index (χ0v) is 8.60. The van der Waals surface area contributed by atoms with Gasteiger partial charge in [0.2, 0.25) is 5.91 Å². The van der Waals surface area contributed by atoms with Crippen LogP contribution in [0.4, 0.5) is 0 Å². The Balaban J connectivity index is 3.57. The van der Waals surface area contributed by atoms with E-state index in [9.17, 15) is 4.79 Å². The third kappa shape index (κ3) is 7.54. The highest BCUT2D eigenvalue weighted by molar-refractivity contribution is 5.73. The molecule has 0 aliphatic carbocycles. The SMILES string of the molecule is CC(=O)N[C@@H](C)COC(C)(C)C. The summed E-state index contributed by atoms with van der Waals surface area (Å²) in [5.41, 5.74) is -0.132. The predicted octanol–water partition coefficient (Wildman–Crippen LogP) is 1.33. The van der Waals surface area contributed by atoms with E-state index in [1.807, 2.05) is 27.7 Å². The maximum absolute atomic E-state index is 10.6. The molecule has 0 aromatic heterocycles. The Labute approximate surface area is 74.5 Å². The number of rotatable bonds is 3. The first-order valence-electron chi connectivity index (χ1n) is 4.22. The molecule has 0 rings (SSSR count). The van der Waals surface area contributed by atoms with E-state index in [0.29, 0.717) is 6.61 Å². The van der Waals surface area contributed by atoms with Crippen molar-refractivity contribution in [1.82, 2.24) is 5.32 Å². The summed E-state index contributed by atoms with van der Waals surface area (Å²) in [4.78, 5) is 10.6. The van der Waals surface area contributed by atoms with E-state index >= 15 is 0 Å². The summed E-state index contributed by atoms with van der Waals surface area (Å²) in [5.74, 6) is -0.0139. The molecule has 0 aliphatic heterocycles. The first-order valence-corrected chi connectivity index (χ1v) is 4.22. The van der Waals surface area contributed by atoms with Crippen LogP contribution in [-0.4, -0.2) is 24.2 Å². The van der Waals surface area contributed by atoms with Gasteiger partial charge in [0.15, 0.2) is 0 Å². The summed E-state index contributed by atoms with van der Waals surface area (Å²) in [6, 6.07) is 0.0849. The molecular weight excluding hydrogens is 154 g/mol. The first-order chi connectivity index (χ1) is 5.31. The Hall–Kier alpha value is -0.570. The Kier molecular flexibility index (Phi) is 4.24. The monoisotopic (exact) mass is 173 g/mol. The van der Waals surface area contributed by atoms with E-state index < -0.39 is 0 Å². The van der Waals surface area contributed by atoms with Crippen molar-refractivity contribution >= 4 is 5.91 Å². The highest BCUT2D eigenvalue weighted by Crippen LogP contribution is 2.06. The van der Waals surface area contributed by atoms with Crippen LogP contribution >= 0.6 is 0 Å². The van der Waals surface area contributed by atoms with Crippen molar-refractivity contribution in [3.63, 3.8) is 0 Å². The number of carbonyl (C=O) groups is 1. The van der Waals surface area contributed by atoms with Crippen LogP contribution in [0.1, 0.15) is 34.6 Å². The molecule has 1 amide bonds. The summed E-state index contributed by atoms with van der Waals surface area (Å²) in [6.45, 7) is 9.97. The number of carbonyl (C=O) groups excluding carboxylic acids is 1. The molecule has 1 N–H and O–H groups in total. The van der Waals surface area contributed by atoms with Crippen molar-refractivity contribution in [2.75, 3.05) is 6.61 Å². The molecule has 0 aromatic rings. The van der Waals surface area contributed by atoms with Crippen molar-refractivity contribution < 1.29 is 9.53 Å². The Morgan fingerprint density at radius 3 is 2.33 bits per heavy atom. The maximum atomic E-state index is 10.6. The molecule has 72 valence electrons. The number of amides is 1. The van der Waals surface area contributed by atoms with Gasteiger partial charge in [-0.05, 0) is 27.7 Å². The number of nitrogens with one attached hydrogen (secondary N) is 1. The van der Waals surface area contributed by atoms with Gasteiger partial charge in [0.05, 0.1) is 12.2 Å². The summed E-state index contributed by atoms with van der Waals surface area (Å²) in [5, 5.41) is 2.75. The highest BCUT2D eigenvalue weighted by atomic mass is 16.5. The van der Waals surface area contributed by atoms with Crippen LogP contribution in [0.15, 0.2) is 0 Å². The lowest BCUT2D eigenvalue weighted by molar-refractivity contribution is -0.120. The largest absolute Gasteiger partial charge is 0.374 e. The van der Waals surface area contributed by atoms with Crippen molar-refractivity contribution in [2.45, 2.75) is 46.3 Å². The third-order valence-corrected chi connectivity index (χ3v) is 1.22. The molecule has 0 unspecified atom stereocenters. The molecule has 0 aromatic carbocycles. The fourth-order valence-electron chi connectivity index (χ4n) is 0.764. The third-order valence-electron chi connectivity index (χ3n) is 1.22. The molecule has 12 heavy (non-hydrogen) atoms. The van der Waals surface area contributed by atoms with Crippen molar-refractivity contribution in [1.29, 1.82) is 0 Å². The summed E-state index contributed by atoms with van der Waals surface area (Å²) < 4.78 is 5.48. The second-order valence-corrected chi connectivity index (χ2v) is 4.02. The molecule has 0 heterocycles. The fraction of sp³-hybridized carbons (Fsp3) is 0.889. The second kappa shape index (κ2) is 4.45. The molecule has 1 atom stereocenters. The van der Waals surface area contributed by atoms with Gasteiger partial charge in [0.25, 0.3) is 0 Å². The molecule has 3 nitrogen and oxygen atoms in total. The zero-order valence-electron chi connectivity index (χ0n) is 8.60. The van der Waals surface area contributed by atoms with Gasteiger partial charge in [-0.3, -0.25) is 4.79 Å². The molecule has 0 saturated heterocycles. The average Bonchev–Trinajstić information content (AvgIpc) is 1.80. The number of hydrogen-bond acceptors (Lipinski definition) is 2. The van der Waals surface area contributed by atoms with E-state index in [-0.39, 0.29) is 17.6 Å². The van der Waals surface area contributed by atoms with Crippen molar-refractivity contribution in [2.24, 2.45) is 0 Å². The van der Waals surface area contributed by atoms with Crippen molar-refractivity contribution in [3.8, 4) is 0 Å². The minimum absolute atomic E-state index is 0.0139. The molecule has 0 saturated carbocycles. The van der Waals surface area contributed by atoms with Crippen LogP contribution < -0.4 is 5.32 Å². The molecule has 0 bridgehead atoms. The van der Waals surface area contributed by atoms with E-state index in [1.54, 1.807) is 0 Å². The molecule has 0 radical (unpaired) electrons. The smallest absolute Gasteiger partial charge is 0.217 e. The van der Waals surface area contributed by atoms with Crippen LogP contribution in [0.3, 0.4) is 0 Å². The molecule has 3 heteroatoms. The minimum atomic E-state index is -0.132. The average molecular weight is 173 g/mol. The normalized spacial score (nSPS) is 14.1. The van der Waals surface area contributed by atoms with Gasteiger partial charge in [0, 0.05) is 13.0 Å². The summed E-state index contributed by atoms with van der Waals surface area (Å²) in [6.07, 6.45) is 0. The standard InChI is InChI=1S/C9H19NO2/c1-7(10-8(2)11)6-12-9(3,4)5/h7H,6H2,1-5H3,(H,10,11)/t7-/m0/s1. The minimum Gasteiger partial charge on any atom is -0.374 e. The van der Waals surface area contributed by atoms with Gasteiger partial charge in [-0.2, -0.15) is 0 Å². The first kappa shape index (κ1) is 11.4. The van der Waals surface area contributed by atoms with Gasteiger partial charge >= 0.3 is 0 Å².